The SMILES string of the molecule is CC1Cc2ccccc2O1.O=C(O)C(=O)O. The molecule has 2 N–H and O–H groups in total. The number of hydrogen-bond acceptors (Lipinski definition) is 3. The average molecular weight is 224 g/mol. The summed E-state index contributed by atoms with van der Waals surface area (Å²) >= 11 is 0. The highest BCUT2D eigenvalue weighted by molar-refractivity contribution is 6.27. The largest absolute Gasteiger partial charge is 0.490 e. The van der Waals surface area contributed by atoms with Crippen molar-refractivity contribution < 1.29 is 24.5 Å². The van der Waals surface area contributed by atoms with E-state index in [4.69, 9.17) is 24.5 Å². The number of carbonyl (C=O) groups is 2. The topological polar surface area (TPSA) is 83.8 Å². The molecule has 1 aliphatic rings. The minimum atomic E-state index is -1.82. The second-order valence-corrected chi connectivity index (χ2v) is 3.35. The van der Waals surface area contributed by atoms with E-state index >= 15 is 0 Å². The maximum absolute atomic E-state index is 9.10. The molecule has 1 aromatic rings. The normalized spacial score (nSPS) is 16.4. The van der Waals surface area contributed by atoms with E-state index in [0.717, 1.165) is 12.2 Å². The minimum Gasteiger partial charge on any atom is -0.490 e. The third-order valence-corrected chi connectivity index (χ3v) is 1.99. The highest BCUT2D eigenvalue weighted by Crippen LogP contribution is 2.27. The second kappa shape index (κ2) is 5.16. The summed E-state index contributed by atoms with van der Waals surface area (Å²) in [5.74, 6) is -2.58. The van der Waals surface area contributed by atoms with E-state index in [-0.39, 0.29) is 0 Å². The Kier molecular flexibility index (Phi) is 3.88. The number of hydrogen-bond donors (Lipinski definition) is 2. The number of benzene rings is 1. The third-order valence-electron chi connectivity index (χ3n) is 1.99. The summed E-state index contributed by atoms with van der Waals surface area (Å²) in [6, 6.07) is 8.22. The van der Waals surface area contributed by atoms with Crippen molar-refractivity contribution in [3.05, 3.63) is 29.8 Å². The first-order valence-electron chi connectivity index (χ1n) is 4.71. The number of carboxylic acid groups (broad SMARTS) is 2. The first-order chi connectivity index (χ1) is 7.50. The molecule has 1 heterocycles. The Morgan fingerprint density at radius 1 is 1.25 bits per heavy atom. The summed E-state index contributed by atoms with van der Waals surface area (Å²) in [6.07, 6.45) is 1.44. The van der Waals surface area contributed by atoms with Crippen LogP contribution in [0.15, 0.2) is 24.3 Å². The van der Waals surface area contributed by atoms with Crippen LogP contribution < -0.4 is 4.74 Å². The van der Waals surface area contributed by atoms with Gasteiger partial charge in [0.05, 0.1) is 0 Å². The summed E-state index contributed by atoms with van der Waals surface area (Å²) in [4.78, 5) is 18.2. The molecule has 0 amide bonds. The number of carboxylic acids is 2. The average Bonchev–Trinajstić information content (AvgIpc) is 2.58. The zero-order valence-corrected chi connectivity index (χ0v) is 8.71. The highest BCUT2D eigenvalue weighted by atomic mass is 16.5. The molecule has 5 heteroatoms. The van der Waals surface area contributed by atoms with Crippen LogP contribution in [0.1, 0.15) is 12.5 Å². The van der Waals surface area contributed by atoms with Gasteiger partial charge in [-0.05, 0) is 18.6 Å². The van der Waals surface area contributed by atoms with Gasteiger partial charge in [0, 0.05) is 6.42 Å². The zero-order valence-electron chi connectivity index (χ0n) is 8.71. The summed E-state index contributed by atoms with van der Waals surface area (Å²) < 4.78 is 5.51. The Morgan fingerprint density at radius 3 is 2.31 bits per heavy atom. The predicted molar refractivity (Wildman–Crippen MR) is 55.5 cm³/mol. The molecular formula is C11H12O5. The maximum Gasteiger partial charge on any atom is 0.414 e. The fourth-order valence-corrected chi connectivity index (χ4v) is 1.36. The van der Waals surface area contributed by atoms with Gasteiger partial charge < -0.3 is 14.9 Å². The fraction of sp³-hybridized carbons (Fsp3) is 0.273. The van der Waals surface area contributed by atoms with Crippen molar-refractivity contribution >= 4 is 11.9 Å². The van der Waals surface area contributed by atoms with E-state index in [2.05, 4.69) is 19.1 Å². The zero-order chi connectivity index (χ0) is 12.1. The highest BCUT2D eigenvalue weighted by Gasteiger charge is 2.16. The Morgan fingerprint density at radius 2 is 1.81 bits per heavy atom. The smallest absolute Gasteiger partial charge is 0.414 e. The van der Waals surface area contributed by atoms with E-state index in [0.29, 0.717) is 6.10 Å². The van der Waals surface area contributed by atoms with Crippen molar-refractivity contribution in [2.45, 2.75) is 19.4 Å². The van der Waals surface area contributed by atoms with Gasteiger partial charge in [0.2, 0.25) is 0 Å². The molecule has 0 aliphatic carbocycles. The van der Waals surface area contributed by atoms with Crippen LogP contribution in [0, 0.1) is 0 Å². The van der Waals surface area contributed by atoms with E-state index < -0.39 is 11.9 Å². The monoisotopic (exact) mass is 224 g/mol. The molecule has 5 nitrogen and oxygen atoms in total. The van der Waals surface area contributed by atoms with Gasteiger partial charge in [0.1, 0.15) is 11.9 Å². The predicted octanol–water partition coefficient (Wildman–Crippen LogP) is 1.17. The van der Waals surface area contributed by atoms with Crippen LogP contribution in [-0.4, -0.2) is 28.3 Å². The van der Waals surface area contributed by atoms with Gasteiger partial charge in [-0.1, -0.05) is 18.2 Å². The lowest BCUT2D eigenvalue weighted by atomic mass is 10.1. The van der Waals surface area contributed by atoms with Gasteiger partial charge in [-0.25, -0.2) is 9.59 Å². The van der Waals surface area contributed by atoms with Crippen LogP contribution in [0.25, 0.3) is 0 Å². The molecule has 1 aromatic carbocycles. The number of fused-ring (bicyclic) bond motifs is 1. The van der Waals surface area contributed by atoms with Crippen LogP contribution >= 0.6 is 0 Å². The Bertz CT molecular complexity index is 362. The molecule has 0 aromatic heterocycles. The van der Waals surface area contributed by atoms with Gasteiger partial charge in [-0.15, -0.1) is 0 Å². The van der Waals surface area contributed by atoms with Crippen LogP contribution in [-0.2, 0) is 16.0 Å². The van der Waals surface area contributed by atoms with Crippen LogP contribution in [0.5, 0.6) is 5.75 Å². The van der Waals surface area contributed by atoms with Crippen molar-refractivity contribution in [1.82, 2.24) is 0 Å². The summed E-state index contributed by atoms with van der Waals surface area (Å²) in [5, 5.41) is 14.8. The van der Waals surface area contributed by atoms with Crippen molar-refractivity contribution in [2.75, 3.05) is 0 Å². The lowest BCUT2D eigenvalue weighted by Crippen LogP contribution is -2.09. The molecule has 16 heavy (non-hydrogen) atoms. The molecule has 1 atom stereocenters. The van der Waals surface area contributed by atoms with E-state index in [1.54, 1.807) is 0 Å². The van der Waals surface area contributed by atoms with Gasteiger partial charge in [-0.2, -0.15) is 0 Å². The Labute approximate surface area is 92.3 Å². The Balaban J connectivity index is 0.000000187. The number of ether oxygens (including phenoxy) is 1. The fourth-order valence-electron chi connectivity index (χ4n) is 1.36. The van der Waals surface area contributed by atoms with E-state index in [1.165, 1.54) is 5.56 Å². The molecule has 0 saturated heterocycles. The molecule has 0 spiro atoms. The standard InChI is InChI=1S/C9H10O.C2H2O4/c1-7-6-8-4-2-3-5-9(8)10-7;3-1(4)2(5)6/h2-5,7H,6H2,1H3;(H,3,4)(H,5,6). The lowest BCUT2D eigenvalue weighted by molar-refractivity contribution is -0.159. The maximum atomic E-state index is 9.10. The van der Waals surface area contributed by atoms with Crippen LogP contribution in [0.3, 0.4) is 0 Å². The first-order valence-corrected chi connectivity index (χ1v) is 4.71. The van der Waals surface area contributed by atoms with Crippen molar-refractivity contribution in [1.29, 1.82) is 0 Å². The lowest BCUT2D eigenvalue weighted by Gasteiger charge is -2.00. The summed E-state index contributed by atoms with van der Waals surface area (Å²) in [6.45, 7) is 2.10. The minimum absolute atomic E-state index is 0.373. The number of para-hydroxylation sites is 1. The molecule has 0 fully saturated rings. The van der Waals surface area contributed by atoms with Gasteiger partial charge in [0.15, 0.2) is 0 Å². The first kappa shape index (κ1) is 12.0. The van der Waals surface area contributed by atoms with Crippen molar-refractivity contribution in [3.63, 3.8) is 0 Å². The Hall–Kier alpha value is -2.04. The van der Waals surface area contributed by atoms with Gasteiger partial charge in [0.25, 0.3) is 0 Å². The van der Waals surface area contributed by atoms with E-state index in [1.807, 2.05) is 12.1 Å². The van der Waals surface area contributed by atoms with Crippen LogP contribution in [0.4, 0.5) is 0 Å². The molecule has 0 saturated carbocycles. The molecule has 1 aliphatic heterocycles. The van der Waals surface area contributed by atoms with Crippen LogP contribution in [0.2, 0.25) is 0 Å². The molecule has 1 unspecified atom stereocenters. The summed E-state index contributed by atoms with van der Waals surface area (Å²) in [7, 11) is 0. The van der Waals surface area contributed by atoms with Gasteiger partial charge in [-0.3, -0.25) is 0 Å². The third kappa shape index (κ3) is 3.27. The van der Waals surface area contributed by atoms with Crippen molar-refractivity contribution in [2.24, 2.45) is 0 Å². The van der Waals surface area contributed by atoms with E-state index in [9.17, 15) is 0 Å². The molecule has 0 radical (unpaired) electrons. The number of rotatable bonds is 0. The molecule has 2 rings (SSSR count). The quantitative estimate of drug-likeness (QED) is 0.646. The number of aliphatic carboxylic acids is 2. The van der Waals surface area contributed by atoms with Crippen molar-refractivity contribution in [3.8, 4) is 5.75 Å². The van der Waals surface area contributed by atoms with Gasteiger partial charge >= 0.3 is 11.9 Å². The second-order valence-electron chi connectivity index (χ2n) is 3.35. The molecule has 86 valence electrons. The summed E-state index contributed by atoms with van der Waals surface area (Å²) in [5.41, 5.74) is 1.34. The molecular weight excluding hydrogens is 212 g/mol. The molecule has 0 bridgehead atoms.